The Morgan fingerprint density at radius 3 is 2.12 bits per heavy atom. The van der Waals surface area contributed by atoms with Crippen LogP contribution in [0, 0.1) is 11.3 Å². The van der Waals surface area contributed by atoms with Crippen molar-refractivity contribution in [3.05, 3.63) is 0 Å². The van der Waals surface area contributed by atoms with Crippen LogP contribution in [0.4, 0.5) is 0 Å². The van der Waals surface area contributed by atoms with Crippen LogP contribution >= 0.6 is 0 Å². The Labute approximate surface area is 104 Å². The first kappa shape index (κ1) is 14.4. The van der Waals surface area contributed by atoms with Crippen molar-refractivity contribution in [2.45, 2.75) is 43.9 Å². The molecule has 0 aromatic carbocycles. The Bertz CT molecular complexity index is 409. The Morgan fingerprint density at radius 2 is 1.76 bits per heavy atom. The smallest absolute Gasteiger partial charge is 0.217 e. The average Bonchev–Trinajstić information content (AvgIpc) is 2.20. The quantitative estimate of drug-likeness (QED) is 0.792. The van der Waals surface area contributed by atoms with Crippen molar-refractivity contribution in [2.24, 2.45) is 0 Å². The molecule has 1 aliphatic heterocycles. The summed E-state index contributed by atoms with van der Waals surface area (Å²) >= 11 is 0. The van der Waals surface area contributed by atoms with Gasteiger partial charge in [0.15, 0.2) is 0 Å². The Balaban J connectivity index is 2.89. The van der Waals surface area contributed by atoms with Crippen LogP contribution in [0.15, 0.2) is 0 Å². The molecule has 0 aromatic heterocycles. The number of nitriles is 1. The molecule has 1 aliphatic rings. The predicted molar refractivity (Wildman–Crippen MR) is 66.9 cm³/mol. The van der Waals surface area contributed by atoms with E-state index in [4.69, 9.17) is 0 Å². The van der Waals surface area contributed by atoms with E-state index in [0.29, 0.717) is 12.8 Å². The van der Waals surface area contributed by atoms with E-state index >= 15 is 0 Å². The number of nitrogens with zero attached hydrogens (tertiary/aromatic N) is 2. The number of hydrogen-bond acceptors (Lipinski definition) is 4. The third-order valence-electron chi connectivity index (χ3n) is 3.19. The molecule has 1 saturated heterocycles. The van der Waals surface area contributed by atoms with Gasteiger partial charge in [-0.1, -0.05) is 0 Å². The molecule has 17 heavy (non-hydrogen) atoms. The van der Waals surface area contributed by atoms with Crippen molar-refractivity contribution in [3.8, 4) is 6.07 Å². The monoisotopic (exact) mass is 259 g/mol. The molecular formula is C11H21N3O2S. The van der Waals surface area contributed by atoms with Gasteiger partial charge in [-0.15, -0.1) is 0 Å². The molecule has 98 valence electrons. The number of rotatable bonds is 2. The lowest BCUT2D eigenvalue weighted by molar-refractivity contribution is 0.212. The van der Waals surface area contributed by atoms with Gasteiger partial charge in [0.1, 0.15) is 5.54 Å². The molecule has 0 saturated carbocycles. The highest BCUT2D eigenvalue weighted by atomic mass is 32.2. The van der Waals surface area contributed by atoms with Gasteiger partial charge in [0.05, 0.1) is 10.8 Å². The van der Waals surface area contributed by atoms with E-state index in [1.165, 1.54) is 0 Å². The Morgan fingerprint density at radius 1 is 1.29 bits per heavy atom. The minimum atomic E-state index is -3.48. The van der Waals surface area contributed by atoms with E-state index in [0.717, 1.165) is 13.1 Å². The molecule has 0 spiro atoms. The lowest BCUT2D eigenvalue weighted by Gasteiger charge is -2.37. The van der Waals surface area contributed by atoms with E-state index in [9.17, 15) is 13.7 Å². The van der Waals surface area contributed by atoms with Crippen molar-refractivity contribution in [1.29, 1.82) is 5.26 Å². The Hall–Kier alpha value is -0.640. The summed E-state index contributed by atoms with van der Waals surface area (Å²) in [6, 6.07) is 2.15. The topological polar surface area (TPSA) is 73.2 Å². The summed E-state index contributed by atoms with van der Waals surface area (Å²) in [6.07, 6.45) is 1.07. The van der Waals surface area contributed by atoms with E-state index in [2.05, 4.69) is 15.7 Å². The average molecular weight is 259 g/mol. The number of hydrogen-bond donors (Lipinski definition) is 1. The largest absolute Gasteiger partial charge is 0.306 e. The van der Waals surface area contributed by atoms with Crippen molar-refractivity contribution in [2.75, 3.05) is 20.1 Å². The van der Waals surface area contributed by atoms with E-state index in [1.54, 1.807) is 20.8 Å². The van der Waals surface area contributed by atoms with Crippen LogP contribution in [-0.2, 0) is 10.0 Å². The molecule has 0 radical (unpaired) electrons. The number of nitrogens with one attached hydrogen (secondary N) is 1. The van der Waals surface area contributed by atoms with Crippen molar-refractivity contribution in [3.63, 3.8) is 0 Å². The molecule has 0 bridgehead atoms. The summed E-state index contributed by atoms with van der Waals surface area (Å²) in [6.45, 7) is 6.38. The summed E-state index contributed by atoms with van der Waals surface area (Å²) in [7, 11) is -1.50. The SMILES string of the molecule is CN1CCC(C#N)(NS(=O)(=O)C(C)(C)C)CC1. The van der Waals surface area contributed by atoms with Gasteiger partial charge in [0.25, 0.3) is 0 Å². The first-order valence-electron chi connectivity index (χ1n) is 5.75. The number of sulfonamides is 1. The molecule has 1 rings (SSSR count). The fourth-order valence-corrected chi connectivity index (χ4v) is 2.72. The summed E-state index contributed by atoms with van der Waals surface area (Å²) < 4.78 is 25.9. The third-order valence-corrected chi connectivity index (χ3v) is 5.46. The highest BCUT2D eigenvalue weighted by Crippen LogP contribution is 2.25. The van der Waals surface area contributed by atoms with Gasteiger partial charge in [-0.25, -0.2) is 8.42 Å². The zero-order chi connectivity index (χ0) is 13.3. The van der Waals surface area contributed by atoms with Crippen LogP contribution in [0.5, 0.6) is 0 Å². The molecule has 1 fully saturated rings. The molecule has 0 aliphatic carbocycles. The highest BCUT2D eigenvalue weighted by molar-refractivity contribution is 7.90. The molecule has 1 heterocycles. The predicted octanol–water partition coefficient (Wildman–Crippen LogP) is 0.692. The first-order chi connectivity index (χ1) is 7.62. The van der Waals surface area contributed by atoms with Crippen LogP contribution in [-0.4, -0.2) is 43.7 Å². The van der Waals surface area contributed by atoms with Gasteiger partial charge in [-0.05, 0) is 40.7 Å². The molecule has 5 nitrogen and oxygen atoms in total. The lowest BCUT2D eigenvalue weighted by atomic mass is 9.91. The van der Waals surface area contributed by atoms with Crippen LogP contribution in [0.25, 0.3) is 0 Å². The van der Waals surface area contributed by atoms with Gasteiger partial charge in [0.2, 0.25) is 10.0 Å². The number of piperidine rings is 1. The highest BCUT2D eigenvalue weighted by Gasteiger charge is 2.41. The second-order valence-corrected chi connectivity index (χ2v) is 8.15. The molecule has 0 unspecified atom stereocenters. The van der Waals surface area contributed by atoms with Crippen LogP contribution < -0.4 is 4.72 Å². The standard InChI is InChI=1S/C11H21N3O2S/c1-10(2,3)17(15,16)13-11(9-12)5-7-14(4)8-6-11/h13H,5-8H2,1-4H3. The van der Waals surface area contributed by atoms with Gasteiger partial charge in [-0.3, -0.25) is 0 Å². The summed E-state index contributed by atoms with van der Waals surface area (Å²) in [4.78, 5) is 2.10. The summed E-state index contributed by atoms with van der Waals surface area (Å²) in [5.41, 5.74) is -0.932. The zero-order valence-corrected chi connectivity index (χ0v) is 11.8. The molecular weight excluding hydrogens is 238 g/mol. The fourth-order valence-electron chi connectivity index (χ4n) is 1.65. The maximum absolute atomic E-state index is 12.1. The summed E-state index contributed by atoms with van der Waals surface area (Å²) in [5, 5.41) is 9.26. The third kappa shape index (κ3) is 3.18. The van der Waals surface area contributed by atoms with Crippen molar-refractivity contribution >= 4 is 10.0 Å². The first-order valence-corrected chi connectivity index (χ1v) is 7.24. The lowest BCUT2D eigenvalue weighted by Crippen LogP contribution is -2.56. The second-order valence-electron chi connectivity index (χ2n) is 5.72. The zero-order valence-electron chi connectivity index (χ0n) is 10.9. The van der Waals surface area contributed by atoms with E-state index in [-0.39, 0.29) is 0 Å². The van der Waals surface area contributed by atoms with Gasteiger partial charge >= 0.3 is 0 Å². The summed E-state index contributed by atoms with van der Waals surface area (Å²) in [5.74, 6) is 0. The molecule has 0 atom stereocenters. The van der Waals surface area contributed by atoms with Gasteiger partial charge in [-0.2, -0.15) is 9.98 Å². The Kier molecular flexibility index (Phi) is 3.87. The molecule has 0 amide bonds. The molecule has 1 N–H and O–H groups in total. The second kappa shape index (κ2) is 4.56. The maximum atomic E-state index is 12.1. The van der Waals surface area contributed by atoms with Crippen LogP contribution in [0.1, 0.15) is 33.6 Å². The van der Waals surface area contributed by atoms with E-state index < -0.39 is 20.3 Å². The van der Waals surface area contributed by atoms with Gasteiger partial charge in [0, 0.05) is 13.1 Å². The molecule has 6 heteroatoms. The van der Waals surface area contributed by atoms with Crippen molar-refractivity contribution in [1.82, 2.24) is 9.62 Å². The fraction of sp³-hybridized carbons (Fsp3) is 0.909. The minimum Gasteiger partial charge on any atom is -0.306 e. The number of likely N-dealkylation sites (tertiary alicyclic amines) is 1. The minimum absolute atomic E-state index is 0.537. The van der Waals surface area contributed by atoms with Crippen LogP contribution in [0.2, 0.25) is 0 Å². The molecule has 0 aromatic rings. The normalized spacial score (nSPS) is 22.1. The maximum Gasteiger partial charge on any atom is 0.217 e. The van der Waals surface area contributed by atoms with Crippen LogP contribution in [0.3, 0.4) is 0 Å². The van der Waals surface area contributed by atoms with Gasteiger partial charge < -0.3 is 4.90 Å². The van der Waals surface area contributed by atoms with Crippen molar-refractivity contribution < 1.29 is 8.42 Å². The van der Waals surface area contributed by atoms with E-state index in [1.807, 2.05) is 7.05 Å².